The second-order valence-electron chi connectivity index (χ2n) is 8.32. The average Bonchev–Trinajstić information content (AvgIpc) is 2.77. The lowest BCUT2D eigenvalue weighted by Crippen LogP contribution is -2.48. The van der Waals surface area contributed by atoms with Gasteiger partial charge in [-0.1, -0.05) is 55.8 Å². The van der Waals surface area contributed by atoms with Gasteiger partial charge in [-0.25, -0.2) is 0 Å². The van der Waals surface area contributed by atoms with Gasteiger partial charge in [0.15, 0.2) is 5.11 Å². The van der Waals surface area contributed by atoms with Crippen LogP contribution in [0, 0.1) is 5.92 Å². The van der Waals surface area contributed by atoms with E-state index in [9.17, 15) is 9.59 Å². The maximum absolute atomic E-state index is 12.5. The number of thiocarbonyl (C=S) groups is 1. The summed E-state index contributed by atoms with van der Waals surface area (Å²) in [6, 6.07) is 15.4. The number of nitrogens with zero attached hydrogens (tertiary/aromatic N) is 2. The molecule has 0 unspecified atom stereocenters. The van der Waals surface area contributed by atoms with Gasteiger partial charge in [-0.2, -0.15) is 0 Å². The van der Waals surface area contributed by atoms with Crippen LogP contribution in [0.3, 0.4) is 0 Å². The molecule has 1 saturated heterocycles. The Bertz CT molecular complexity index is 1020. The Morgan fingerprint density at radius 1 is 1.09 bits per heavy atom. The van der Waals surface area contributed by atoms with E-state index in [1.54, 1.807) is 12.1 Å². The number of amides is 2. The monoisotopic (exact) mass is 484 g/mol. The molecule has 2 aromatic rings. The molecule has 0 bridgehead atoms. The third-order valence-electron chi connectivity index (χ3n) is 5.20. The van der Waals surface area contributed by atoms with Crippen molar-refractivity contribution in [3.8, 4) is 0 Å². The number of rotatable bonds is 6. The van der Waals surface area contributed by atoms with Gasteiger partial charge in [0.25, 0.3) is 0 Å². The molecule has 0 saturated carbocycles. The predicted octanol–water partition coefficient (Wildman–Crippen LogP) is 4.56. The SMILES string of the molecule is CC(C)CC(=O)NC(=S)Nc1ccc(N2CCN(C(=O)/C=C/c3ccccc3)CC2)c(Cl)c1. The number of carbonyl (C=O) groups is 2. The molecule has 8 heteroatoms. The van der Waals surface area contributed by atoms with Crippen molar-refractivity contribution < 1.29 is 9.59 Å². The summed E-state index contributed by atoms with van der Waals surface area (Å²) in [5, 5.41) is 6.51. The molecule has 1 heterocycles. The molecule has 1 aliphatic rings. The zero-order chi connectivity index (χ0) is 23.8. The fourth-order valence-electron chi connectivity index (χ4n) is 3.56. The van der Waals surface area contributed by atoms with Crippen LogP contribution in [0.2, 0.25) is 5.02 Å². The van der Waals surface area contributed by atoms with Crippen LogP contribution >= 0.6 is 23.8 Å². The molecule has 3 rings (SSSR count). The van der Waals surface area contributed by atoms with E-state index >= 15 is 0 Å². The molecule has 174 valence electrons. The Morgan fingerprint density at radius 2 is 1.79 bits per heavy atom. The molecule has 33 heavy (non-hydrogen) atoms. The van der Waals surface area contributed by atoms with Crippen molar-refractivity contribution in [1.82, 2.24) is 10.2 Å². The summed E-state index contributed by atoms with van der Waals surface area (Å²) in [5.41, 5.74) is 2.62. The molecule has 0 aliphatic carbocycles. The van der Waals surface area contributed by atoms with Crippen molar-refractivity contribution in [3.63, 3.8) is 0 Å². The number of halogens is 1. The zero-order valence-corrected chi connectivity index (χ0v) is 20.5. The van der Waals surface area contributed by atoms with Crippen molar-refractivity contribution in [2.24, 2.45) is 5.92 Å². The Labute approximate surface area is 205 Å². The third-order valence-corrected chi connectivity index (χ3v) is 5.71. The first-order chi connectivity index (χ1) is 15.8. The predicted molar refractivity (Wildman–Crippen MR) is 140 cm³/mol. The van der Waals surface area contributed by atoms with Gasteiger partial charge in [-0.05, 0) is 48.0 Å². The first-order valence-corrected chi connectivity index (χ1v) is 11.8. The molecule has 2 amide bonds. The van der Waals surface area contributed by atoms with Gasteiger partial charge in [-0.3, -0.25) is 9.59 Å². The van der Waals surface area contributed by atoms with Crippen molar-refractivity contribution >= 4 is 58.2 Å². The largest absolute Gasteiger partial charge is 0.367 e. The van der Waals surface area contributed by atoms with Crippen LogP contribution in [0.4, 0.5) is 11.4 Å². The minimum absolute atomic E-state index is 0.0113. The van der Waals surface area contributed by atoms with Gasteiger partial charge in [0.2, 0.25) is 11.8 Å². The smallest absolute Gasteiger partial charge is 0.246 e. The summed E-state index contributed by atoms with van der Waals surface area (Å²) in [6.45, 7) is 6.60. The minimum atomic E-state index is -0.115. The second-order valence-corrected chi connectivity index (χ2v) is 9.14. The van der Waals surface area contributed by atoms with E-state index in [0.29, 0.717) is 43.3 Å². The Balaban J connectivity index is 1.52. The topological polar surface area (TPSA) is 64.7 Å². The first-order valence-electron chi connectivity index (χ1n) is 11.0. The minimum Gasteiger partial charge on any atom is -0.367 e. The Morgan fingerprint density at radius 3 is 2.42 bits per heavy atom. The highest BCUT2D eigenvalue weighted by molar-refractivity contribution is 7.80. The van der Waals surface area contributed by atoms with Gasteiger partial charge < -0.3 is 20.4 Å². The number of carbonyl (C=O) groups excluding carboxylic acids is 2. The van der Waals surface area contributed by atoms with Crippen LogP contribution in [-0.2, 0) is 9.59 Å². The van der Waals surface area contributed by atoms with Gasteiger partial charge in [0.1, 0.15) is 0 Å². The van der Waals surface area contributed by atoms with Crippen LogP contribution in [0.1, 0.15) is 25.8 Å². The van der Waals surface area contributed by atoms with E-state index in [-0.39, 0.29) is 22.8 Å². The maximum Gasteiger partial charge on any atom is 0.246 e. The van der Waals surface area contributed by atoms with Crippen LogP contribution in [0.25, 0.3) is 6.08 Å². The lowest BCUT2D eigenvalue weighted by atomic mass is 10.1. The van der Waals surface area contributed by atoms with Gasteiger partial charge in [0, 0.05) is 44.4 Å². The van der Waals surface area contributed by atoms with E-state index in [2.05, 4.69) is 15.5 Å². The number of hydrogen-bond donors (Lipinski definition) is 2. The molecule has 6 nitrogen and oxygen atoms in total. The highest BCUT2D eigenvalue weighted by Crippen LogP contribution is 2.29. The van der Waals surface area contributed by atoms with E-state index in [4.69, 9.17) is 23.8 Å². The summed E-state index contributed by atoms with van der Waals surface area (Å²) in [7, 11) is 0. The molecular weight excluding hydrogens is 456 g/mol. The highest BCUT2D eigenvalue weighted by atomic mass is 35.5. The van der Waals surface area contributed by atoms with E-state index < -0.39 is 0 Å². The normalized spacial score (nSPS) is 13.9. The number of benzene rings is 2. The lowest BCUT2D eigenvalue weighted by Gasteiger charge is -2.36. The molecule has 2 N–H and O–H groups in total. The number of nitrogens with one attached hydrogen (secondary N) is 2. The number of hydrogen-bond acceptors (Lipinski definition) is 4. The quantitative estimate of drug-likeness (QED) is 0.464. The lowest BCUT2D eigenvalue weighted by molar-refractivity contribution is -0.126. The van der Waals surface area contributed by atoms with E-state index in [1.165, 1.54) is 0 Å². The Kier molecular flexibility index (Phi) is 8.86. The molecular formula is C25H29ClN4O2S. The van der Waals surface area contributed by atoms with E-state index in [1.807, 2.05) is 67.3 Å². The number of piperazine rings is 1. The van der Waals surface area contributed by atoms with Crippen molar-refractivity contribution in [2.45, 2.75) is 20.3 Å². The molecule has 0 spiro atoms. The zero-order valence-electron chi connectivity index (χ0n) is 18.9. The van der Waals surface area contributed by atoms with Gasteiger partial charge >= 0.3 is 0 Å². The summed E-state index contributed by atoms with van der Waals surface area (Å²) in [4.78, 5) is 28.4. The van der Waals surface area contributed by atoms with Gasteiger partial charge in [0.05, 0.1) is 10.7 Å². The molecule has 1 aliphatic heterocycles. The highest BCUT2D eigenvalue weighted by Gasteiger charge is 2.21. The van der Waals surface area contributed by atoms with Crippen molar-refractivity contribution in [1.29, 1.82) is 0 Å². The second kappa shape index (κ2) is 11.8. The molecule has 0 radical (unpaired) electrons. The van der Waals surface area contributed by atoms with Crippen molar-refractivity contribution in [3.05, 3.63) is 65.2 Å². The first kappa shape index (κ1) is 24.7. The molecule has 0 atom stereocenters. The van der Waals surface area contributed by atoms with Crippen LogP contribution in [-0.4, -0.2) is 48.0 Å². The fourth-order valence-corrected chi connectivity index (χ4v) is 4.09. The van der Waals surface area contributed by atoms with E-state index in [0.717, 1.165) is 11.3 Å². The number of anilines is 2. The van der Waals surface area contributed by atoms with Crippen LogP contribution in [0.15, 0.2) is 54.6 Å². The average molecular weight is 485 g/mol. The summed E-state index contributed by atoms with van der Waals surface area (Å²) in [6.07, 6.45) is 3.88. The summed E-state index contributed by atoms with van der Waals surface area (Å²) < 4.78 is 0. The van der Waals surface area contributed by atoms with Crippen LogP contribution < -0.4 is 15.5 Å². The maximum atomic E-state index is 12.5. The van der Waals surface area contributed by atoms with Crippen molar-refractivity contribution in [2.75, 3.05) is 36.4 Å². The summed E-state index contributed by atoms with van der Waals surface area (Å²) in [5.74, 6) is 0.158. The van der Waals surface area contributed by atoms with Crippen LogP contribution in [0.5, 0.6) is 0 Å². The summed E-state index contributed by atoms with van der Waals surface area (Å²) >= 11 is 11.8. The standard InChI is InChI=1S/C25H29ClN4O2S/c1-18(2)16-23(31)28-25(33)27-20-9-10-22(21(26)17-20)29-12-14-30(15-13-29)24(32)11-8-19-6-4-3-5-7-19/h3-11,17-18H,12-16H2,1-2H3,(H2,27,28,31,33)/b11-8+. The Hall–Kier alpha value is -2.90. The molecule has 2 aromatic carbocycles. The molecule has 0 aromatic heterocycles. The fraction of sp³-hybridized carbons (Fsp3) is 0.320. The van der Waals surface area contributed by atoms with Gasteiger partial charge in [-0.15, -0.1) is 0 Å². The third kappa shape index (κ3) is 7.58. The molecule has 1 fully saturated rings.